The predicted octanol–water partition coefficient (Wildman–Crippen LogP) is 2.32. The van der Waals surface area contributed by atoms with Gasteiger partial charge in [0.2, 0.25) is 0 Å². The second-order valence-corrected chi connectivity index (χ2v) is 1.41. The molecular formula is C4H4F6O. The molecule has 0 N–H and O–H groups in total. The molecule has 1 nitrogen and oxygen atoms in total. The van der Waals surface area contributed by atoms with Gasteiger partial charge in [0.15, 0.2) is 0 Å². The van der Waals surface area contributed by atoms with Crippen molar-refractivity contribution in [3.8, 4) is 0 Å². The van der Waals surface area contributed by atoms with E-state index < -0.39 is 18.8 Å². The highest BCUT2D eigenvalue weighted by Crippen LogP contribution is 2.31. The van der Waals surface area contributed by atoms with Crippen LogP contribution >= 0.6 is 0 Å². The molecule has 11 heavy (non-hydrogen) atoms. The minimum absolute atomic E-state index is 2.00. The lowest BCUT2D eigenvalue weighted by atomic mass is 10.4. The summed E-state index contributed by atoms with van der Waals surface area (Å²) in [6.45, 7) is 2.00. The Morgan fingerprint density at radius 3 is 1.00 bits per heavy atom. The minimum atomic E-state index is -5.14. The molecule has 0 heterocycles. The van der Waals surface area contributed by atoms with Gasteiger partial charge in [0.1, 0.15) is 13.2 Å². The fourth-order valence-corrected chi connectivity index (χ4v) is 0.227. The van der Waals surface area contributed by atoms with E-state index in [-0.39, 0.29) is 0 Å². The van der Waals surface area contributed by atoms with Crippen LogP contribution in [-0.2, 0) is 4.79 Å². The molecule has 0 spiro atoms. The van der Waals surface area contributed by atoms with Crippen LogP contribution in [0.15, 0.2) is 0 Å². The fraction of sp³-hybridized carbons (Fsp3) is 0.750. The Kier molecular flexibility index (Phi) is 4.91. The summed E-state index contributed by atoms with van der Waals surface area (Å²) in [5.74, 6) is 0. The fourth-order valence-electron chi connectivity index (χ4n) is 0.227. The molecule has 0 atom stereocenters. The summed E-state index contributed by atoms with van der Waals surface area (Å²) in [4.78, 5) is 8.00. The largest absolute Gasteiger partial charge is 0.397 e. The van der Waals surface area contributed by atoms with Crippen LogP contribution in [0.25, 0.3) is 0 Å². The first-order valence-electron chi connectivity index (χ1n) is 2.13. The molecule has 0 aromatic heterocycles. The van der Waals surface area contributed by atoms with Gasteiger partial charge in [-0.2, -0.15) is 26.3 Å². The number of carbonyl (C=O) groups excluding carboxylic acids is 1. The smallest absolute Gasteiger partial charge is 0.307 e. The summed E-state index contributed by atoms with van der Waals surface area (Å²) in [7, 11) is 0. The second-order valence-electron chi connectivity index (χ2n) is 1.41. The predicted molar refractivity (Wildman–Crippen MR) is 23.8 cm³/mol. The quantitative estimate of drug-likeness (QED) is 0.525. The van der Waals surface area contributed by atoms with Gasteiger partial charge in [0.05, 0.1) is 0 Å². The van der Waals surface area contributed by atoms with E-state index in [9.17, 15) is 26.3 Å². The Labute approximate surface area is 58.0 Å². The first-order valence-corrected chi connectivity index (χ1v) is 2.13. The maximum Gasteiger partial charge on any atom is 0.397 e. The van der Waals surface area contributed by atoms with Crippen LogP contribution in [0, 0.1) is 0 Å². The van der Waals surface area contributed by atoms with Crippen molar-refractivity contribution < 1.29 is 31.1 Å². The van der Waals surface area contributed by atoms with E-state index in [1.165, 1.54) is 0 Å². The van der Waals surface area contributed by atoms with Crippen LogP contribution in [0.2, 0.25) is 0 Å². The summed E-state index contributed by atoms with van der Waals surface area (Å²) in [6, 6.07) is 0. The monoisotopic (exact) mass is 182 g/mol. The Morgan fingerprint density at radius 2 is 1.00 bits per heavy atom. The van der Waals surface area contributed by atoms with Crippen molar-refractivity contribution in [2.45, 2.75) is 18.8 Å². The van der Waals surface area contributed by atoms with Crippen LogP contribution in [0.3, 0.4) is 0 Å². The van der Waals surface area contributed by atoms with E-state index in [1.54, 1.807) is 0 Å². The van der Waals surface area contributed by atoms with Gasteiger partial charge in [-0.1, -0.05) is 0 Å². The highest BCUT2D eigenvalue weighted by atomic mass is 19.4. The molecule has 68 valence electrons. The molecule has 0 fully saturated rings. The lowest BCUT2D eigenvalue weighted by Gasteiger charge is -2.08. The minimum Gasteiger partial charge on any atom is -0.307 e. The van der Waals surface area contributed by atoms with Crippen LogP contribution < -0.4 is 0 Å². The van der Waals surface area contributed by atoms with E-state index in [2.05, 4.69) is 0 Å². The highest BCUT2D eigenvalue weighted by Gasteiger charge is 2.43. The average Bonchev–Trinajstić information content (AvgIpc) is 1.60. The summed E-state index contributed by atoms with van der Waals surface area (Å²) in [5, 5.41) is 0. The van der Waals surface area contributed by atoms with Crippen LogP contribution in [0.5, 0.6) is 0 Å². The molecule has 7 heteroatoms. The van der Waals surface area contributed by atoms with Crippen LogP contribution in [-0.4, -0.2) is 19.1 Å². The zero-order chi connectivity index (χ0) is 9.71. The van der Waals surface area contributed by atoms with Gasteiger partial charge >= 0.3 is 12.4 Å². The first-order chi connectivity index (χ1) is 4.71. The third kappa shape index (κ3) is 17.6. The zero-order valence-corrected chi connectivity index (χ0v) is 5.09. The van der Waals surface area contributed by atoms with Crippen LogP contribution in [0.4, 0.5) is 26.3 Å². The van der Waals surface area contributed by atoms with Crippen molar-refractivity contribution in [2.75, 3.05) is 0 Å². The third-order valence-corrected chi connectivity index (χ3v) is 0.401. The zero-order valence-electron chi connectivity index (χ0n) is 5.09. The third-order valence-electron chi connectivity index (χ3n) is 0.401. The number of hydrogen-bond acceptors (Lipinski definition) is 1. The van der Waals surface area contributed by atoms with E-state index in [1.807, 2.05) is 6.79 Å². The number of halogens is 6. The number of alkyl halides is 6. The molecule has 0 radical (unpaired) electrons. The standard InChI is InChI=1S/C3H2F6.CH2O/c4-2(5,6)1-3(7,8)9;1-2/h1H2;1H2. The van der Waals surface area contributed by atoms with Crippen molar-refractivity contribution in [3.05, 3.63) is 0 Å². The van der Waals surface area contributed by atoms with E-state index in [0.717, 1.165) is 0 Å². The topological polar surface area (TPSA) is 17.1 Å². The van der Waals surface area contributed by atoms with Crippen molar-refractivity contribution in [1.82, 2.24) is 0 Å². The molecule has 0 saturated heterocycles. The maximum atomic E-state index is 10.8. The summed E-state index contributed by atoms with van der Waals surface area (Å²) in [6.07, 6.45) is -13.0. The Balaban J connectivity index is 0. The number of carbonyl (C=O) groups is 1. The summed E-state index contributed by atoms with van der Waals surface area (Å²) < 4.78 is 65.0. The molecule has 0 aliphatic rings. The van der Waals surface area contributed by atoms with Gasteiger partial charge in [-0.15, -0.1) is 0 Å². The lowest BCUT2D eigenvalue weighted by molar-refractivity contribution is -0.232. The van der Waals surface area contributed by atoms with Gasteiger partial charge in [0, 0.05) is 0 Å². The molecule has 0 amide bonds. The average molecular weight is 182 g/mol. The molecule has 0 aliphatic heterocycles. The Morgan fingerprint density at radius 1 is 0.818 bits per heavy atom. The Hall–Kier alpha value is -0.750. The molecule has 0 unspecified atom stereocenters. The molecular weight excluding hydrogens is 178 g/mol. The van der Waals surface area contributed by atoms with Gasteiger partial charge in [-0.3, -0.25) is 0 Å². The number of rotatable bonds is 0. The van der Waals surface area contributed by atoms with Crippen molar-refractivity contribution in [2.24, 2.45) is 0 Å². The van der Waals surface area contributed by atoms with Crippen molar-refractivity contribution >= 4 is 6.79 Å². The van der Waals surface area contributed by atoms with Crippen LogP contribution in [0.1, 0.15) is 6.42 Å². The molecule has 0 saturated carbocycles. The summed E-state index contributed by atoms with van der Waals surface area (Å²) in [5.41, 5.74) is 0. The molecule has 0 aliphatic carbocycles. The second kappa shape index (κ2) is 4.20. The molecule has 0 aromatic rings. The van der Waals surface area contributed by atoms with Gasteiger partial charge < -0.3 is 4.79 Å². The SMILES string of the molecule is C=O.FC(F)(F)CC(F)(F)F. The first kappa shape index (κ1) is 12.9. The normalized spacial score (nSPS) is 11.8. The van der Waals surface area contributed by atoms with Gasteiger partial charge in [-0.05, 0) is 0 Å². The Bertz CT molecular complexity index is 90.1. The van der Waals surface area contributed by atoms with E-state index in [0.29, 0.717) is 0 Å². The van der Waals surface area contributed by atoms with Gasteiger partial charge in [-0.25, -0.2) is 0 Å². The van der Waals surface area contributed by atoms with Crippen molar-refractivity contribution in [1.29, 1.82) is 0 Å². The van der Waals surface area contributed by atoms with Crippen molar-refractivity contribution in [3.63, 3.8) is 0 Å². The molecule has 0 bridgehead atoms. The number of hydrogen-bond donors (Lipinski definition) is 0. The van der Waals surface area contributed by atoms with Gasteiger partial charge in [0.25, 0.3) is 0 Å². The van der Waals surface area contributed by atoms with E-state index in [4.69, 9.17) is 4.79 Å². The summed E-state index contributed by atoms with van der Waals surface area (Å²) >= 11 is 0. The highest BCUT2D eigenvalue weighted by molar-refractivity contribution is 5.10. The maximum absolute atomic E-state index is 10.8. The van der Waals surface area contributed by atoms with E-state index >= 15 is 0 Å². The molecule has 0 aromatic carbocycles. The lowest BCUT2D eigenvalue weighted by Crippen LogP contribution is -2.20. The molecule has 0 rings (SSSR count).